The Bertz CT molecular complexity index is 696. The van der Waals surface area contributed by atoms with Crippen molar-refractivity contribution in [1.82, 2.24) is 9.97 Å². The third kappa shape index (κ3) is 3.16. The Morgan fingerprint density at radius 3 is 2.65 bits per heavy atom. The molecule has 0 radical (unpaired) electrons. The van der Waals surface area contributed by atoms with Gasteiger partial charge in [0.15, 0.2) is 5.82 Å². The molecule has 1 aromatic heterocycles. The zero-order valence-electron chi connectivity index (χ0n) is 12.8. The number of carbonyl (C=O) groups is 1. The van der Waals surface area contributed by atoms with E-state index in [0.29, 0.717) is 44.6 Å². The number of carbonyl (C=O) groups excluding carboxylic acids is 1. The van der Waals surface area contributed by atoms with Gasteiger partial charge in [0.1, 0.15) is 5.41 Å². The summed E-state index contributed by atoms with van der Waals surface area (Å²) < 4.78 is 36.8. The Balaban J connectivity index is 1.91. The van der Waals surface area contributed by atoms with Crippen molar-refractivity contribution in [2.45, 2.75) is 36.3 Å². The normalized spacial score (nSPS) is 20.7. The Morgan fingerprint density at radius 1 is 1.35 bits per heavy atom. The molecule has 2 aliphatic rings. The van der Waals surface area contributed by atoms with Crippen LogP contribution in [0.5, 0.6) is 0 Å². The van der Waals surface area contributed by atoms with Gasteiger partial charge in [-0.15, -0.1) is 0 Å². The monoisotopic (exact) mass is 341 g/mol. The van der Waals surface area contributed by atoms with Gasteiger partial charge in [-0.25, -0.2) is 13.4 Å². The largest absolute Gasteiger partial charge is 0.468 e. The molecular formula is C14H19N3O5S. The molecule has 1 aliphatic carbocycles. The average molecular weight is 341 g/mol. The third-order valence-corrected chi connectivity index (χ3v) is 6.10. The van der Waals surface area contributed by atoms with Crippen LogP contribution in [0.2, 0.25) is 0 Å². The smallest absolute Gasteiger partial charge is 0.318 e. The fraction of sp³-hybridized carbons (Fsp3) is 0.643. The summed E-state index contributed by atoms with van der Waals surface area (Å²) in [7, 11) is -2.10. The number of hydrogen-bond donors (Lipinski definition) is 1. The maximum absolute atomic E-state index is 12.3. The molecule has 1 aliphatic heterocycles. The minimum Gasteiger partial charge on any atom is -0.468 e. The molecule has 2 fully saturated rings. The molecule has 2 heterocycles. The van der Waals surface area contributed by atoms with Crippen molar-refractivity contribution in [3.63, 3.8) is 0 Å². The molecule has 1 saturated heterocycles. The van der Waals surface area contributed by atoms with Crippen LogP contribution < -0.4 is 4.72 Å². The zero-order valence-corrected chi connectivity index (χ0v) is 13.6. The van der Waals surface area contributed by atoms with Gasteiger partial charge in [0.05, 0.1) is 24.3 Å². The molecule has 0 aromatic carbocycles. The molecule has 0 amide bonds. The molecular weight excluding hydrogens is 322 g/mol. The van der Waals surface area contributed by atoms with E-state index in [0.717, 1.165) is 0 Å². The molecule has 0 bridgehead atoms. The van der Waals surface area contributed by atoms with E-state index in [1.807, 2.05) is 0 Å². The lowest BCUT2D eigenvalue weighted by molar-refractivity contribution is -0.151. The highest BCUT2D eigenvalue weighted by Gasteiger charge is 2.45. The number of ether oxygens (including phenoxy) is 2. The van der Waals surface area contributed by atoms with E-state index in [9.17, 15) is 13.2 Å². The number of rotatable bonds is 5. The van der Waals surface area contributed by atoms with Crippen LogP contribution in [0.1, 0.15) is 31.4 Å². The van der Waals surface area contributed by atoms with Crippen LogP contribution in [0.3, 0.4) is 0 Å². The summed E-state index contributed by atoms with van der Waals surface area (Å²) in [5, 5.41) is -0.356. The van der Waals surface area contributed by atoms with Crippen molar-refractivity contribution in [2.24, 2.45) is 0 Å². The second-order valence-electron chi connectivity index (χ2n) is 5.82. The lowest BCUT2D eigenvalue weighted by atomic mass is 9.77. The van der Waals surface area contributed by atoms with Crippen LogP contribution in [0.15, 0.2) is 12.4 Å². The van der Waals surface area contributed by atoms with Gasteiger partial charge in [0, 0.05) is 19.4 Å². The topological polar surface area (TPSA) is 107 Å². The van der Waals surface area contributed by atoms with Crippen LogP contribution in [-0.2, 0) is 29.7 Å². The van der Waals surface area contributed by atoms with Crippen LogP contribution in [0.25, 0.3) is 0 Å². The second-order valence-corrected chi connectivity index (χ2v) is 7.78. The van der Waals surface area contributed by atoms with E-state index in [1.165, 1.54) is 19.5 Å². The van der Waals surface area contributed by atoms with Gasteiger partial charge >= 0.3 is 5.97 Å². The molecule has 0 spiro atoms. The number of anilines is 1. The highest BCUT2D eigenvalue weighted by Crippen LogP contribution is 2.35. The van der Waals surface area contributed by atoms with E-state index >= 15 is 0 Å². The van der Waals surface area contributed by atoms with E-state index in [4.69, 9.17) is 9.47 Å². The summed E-state index contributed by atoms with van der Waals surface area (Å²) in [6.45, 7) is 0.823. The summed E-state index contributed by atoms with van der Waals surface area (Å²) in [4.78, 5) is 20.7. The lowest BCUT2D eigenvalue weighted by Gasteiger charge is -2.33. The van der Waals surface area contributed by atoms with Gasteiger partial charge in [-0.3, -0.25) is 14.5 Å². The summed E-state index contributed by atoms with van der Waals surface area (Å²) in [5.74, 6) is -0.276. The van der Waals surface area contributed by atoms with E-state index in [2.05, 4.69) is 14.7 Å². The molecule has 0 atom stereocenters. The molecule has 3 rings (SSSR count). The SMILES string of the molecule is COC(=O)C1(c2cncc(NS(=O)(=O)C3CC3)n2)CCOCC1. The first-order chi connectivity index (χ1) is 11.0. The van der Waals surface area contributed by atoms with Gasteiger partial charge in [0.25, 0.3) is 0 Å². The van der Waals surface area contributed by atoms with Crippen molar-refractivity contribution in [3.8, 4) is 0 Å². The van der Waals surface area contributed by atoms with Crippen LogP contribution in [-0.4, -0.2) is 49.9 Å². The van der Waals surface area contributed by atoms with Gasteiger partial charge in [-0.1, -0.05) is 0 Å². The van der Waals surface area contributed by atoms with Gasteiger partial charge in [-0.2, -0.15) is 0 Å². The summed E-state index contributed by atoms with van der Waals surface area (Å²) in [6.07, 6.45) is 4.99. The number of aromatic nitrogens is 2. The first kappa shape index (κ1) is 16.1. The van der Waals surface area contributed by atoms with Crippen molar-refractivity contribution < 1.29 is 22.7 Å². The predicted octanol–water partition coefficient (Wildman–Crippen LogP) is 0.602. The lowest BCUT2D eigenvalue weighted by Crippen LogP contribution is -2.43. The van der Waals surface area contributed by atoms with Crippen LogP contribution >= 0.6 is 0 Å². The molecule has 1 aromatic rings. The molecule has 0 unspecified atom stereocenters. The third-order valence-electron chi connectivity index (χ3n) is 4.26. The molecule has 126 valence electrons. The molecule has 1 saturated carbocycles. The van der Waals surface area contributed by atoms with E-state index in [-0.39, 0.29) is 11.1 Å². The first-order valence-corrected chi connectivity index (χ1v) is 9.03. The molecule has 23 heavy (non-hydrogen) atoms. The summed E-state index contributed by atoms with van der Waals surface area (Å²) in [6, 6.07) is 0. The Labute approximate surface area is 134 Å². The van der Waals surface area contributed by atoms with Gasteiger partial charge in [0.2, 0.25) is 10.0 Å². The standard InChI is InChI=1S/C14H19N3O5S/c1-21-13(18)14(4-6-22-7-5-14)11-8-15-9-12(16-11)17-23(19,20)10-2-3-10/h8-10H,2-7H2,1H3,(H,16,17). The van der Waals surface area contributed by atoms with Gasteiger partial charge in [-0.05, 0) is 25.7 Å². The van der Waals surface area contributed by atoms with Gasteiger partial charge < -0.3 is 9.47 Å². The summed E-state index contributed by atoms with van der Waals surface area (Å²) in [5.41, 5.74) is -0.537. The fourth-order valence-electron chi connectivity index (χ4n) is 2.73. The molecule has 1 N–H and O–H groups in total. The van der Waals surface area contributed by atoms with Crippen molar-refractivity contribution >= 4 is 21.8 Å². The van der Waals surface area contributed by atoms with E-state index in [1.54, 1.807) is 0 Å². The summed E-state index contributed by atoms with van der Waals surface area (Å²) >= 11 is 0. The van der Waals surface area contributed by atoms with E-state index < -0.39 is 21.4 Å². The second kappa shape index (κ2) is 6.04. The Morgan fingerprint density at radius 2 is 2.04 bits per heavy atom. The minimum absolute atomic E-state index is 0.129. The highest BCUT2D eigenvalue weighted by molar-refractivity contribution is 7.93. The maximum atomic E-state index is 12.3. The van der Waals surface area contributed by atoms with Crippen molar-refractivity contribution in [1.29, 1.82) is 0 Å². The number of nitrogens with zero attached hydrogens (tertiary/aromatic N) is 2. The number of nitrogens with one attached hydrogen (secondary N) is 1. The quantitative estimate of drug-likeness (QED) is 0.781. The average Bonchev–Trinajstić information content (AvgIpc) is 3.40. The van der Waals surface area contributed by atoms with Crippen LogP contribution in [0, 0.1) is 0 Å². The van der Waals surface area contributed by atoms with Crippen LogP contribution in [0.4, 0.5) is 5.82 Å². The molecule has 9 heteroatoms. The number of esters is 1. The highest BCUT2D eigenvalue weighted by atomic mass is 32.2. The first-order valence-electron chi connectivity index (χ1n) is 7.48. The number of methoxy groups -OCH3 is 1. The number of hydrogen-bond acceptors (Lipinski definition) is 7. The Hall–Kier alpha value is -1.74. The van der Waals surface area contributed by atoms with Crippen molar-refractivity contribution in [3.05, 3.63) is 18.1 Å². The number of sulfonamides is 1. The predicted molar refractivity (Wildman–Crippen MR) is 81.3 cm³/mol. The minimum atomic E-state index is -3.43. The maximum Gasteiger partial charge on any atom is 0.318 e. The van der Waals surface area contributed by atoms with Crippen molar-refractivity contribution in [2.75, 3.05) is 25.0 Å². The zero-order chi connectivity index (χ0) is 16.5. The fourth-order valence-corrected chi connectivity index (χ4v) is 4.05. The molecule has 8 nitrogen and oxygen atoms in total. The Kier molecular flexibility index (Phi) is 4.24.